The normalized spacial score (nSPS) is 15.3. The van der Waals surface area contributed by atoms with Crippen LogP contribution >= 0.6 is 0 Å². The summed E-state index contributed by atoms with van der Waals surface area (Å²) in [4.78, 5) is 0. The molecular weight excluding hydrogens is 939 g/mol. The SMILES string of the molecule is CO[Si](CCCOCC(COCCCCOCC(COCC(OC(F)(F)C(F)(F)C(F)(F)F)C(F)(F)F)OCCC[Si](OC)(OC)OC)OCCC[Si](OC)(OC)OC)(OC)OC. The molecule has 0 aromatic heterocycles. The van der Waals surface area contributed by atoms with Gasteiger partial charge >= 0.3 is 50.8 Å². The third-order valence-corrected chi connectivity index (χ3v) is 17.7. The van der Waals surface area contributed by atoms with Gasteiger partial charge in [0.15, 0.2) is 6.10 Å². The van der Waals surface area contributed by atoms with Crippen LogP contribution in [0.1, 0.15) is 32.1 Å². The first-order chi connectivity index (χ1) is 29.5. The van der Waals surface area contributed by atoms with Crippen LogP contribution in [0.3, 0.4) is 0 Å². The Morgan fingerprint density at radius 2 is 0.683 bits per heavy atom. The molecule has 3 unspecified atom stereocenters. The first-order valence-corrected chi connectivity index (χ1v) is 25.4. The lowest BCUT2D eigenvalue weighted by molar-refractivity contribution is -0.447. The van der Waals surface area contributed by atoms with Crippen molar-refractivity contribution in [1.82, 2.24) is 0 Å². The Hall–Kier alpha value is -0.689. The Balaban J connectivity index is 5.33. The topological polar surface area (TPSA) is 148 Å². The highest BCUT2D eigenvalue weighted by atomic mass is 28.4. The molecule has 29 heteroatoms. The van der Waals surface area contributed by atoms with Crippen LogP contribution in [-0.2, 0) is 73.0 Å². The lowest BCUT2D eigenvalue weighted by Crippen LogP contribution is -2.56. The van der Waals surface area contributed by atoms with Crippen molar-refractivity contribution in [1.29, 1.82) is 0 Å². The van der Waals surface area contributed by atoms with E-state index in [1.54, 1.807) is 0 Å². The van der Waals surface area contributed by atoms with Gasteiger partial charge in [-0.2, -0.15) is 43.9 Å². The fourth-order valence-electron chi connectivity index (χ4n) is 5.40. The first-order valence-electron chi connectivity index (χ1n) is 19.6. The fraction of sp³-hybridized carbons (Fsp3) is 1.00. The molecule has 0 aromatic carbocycles. The van der Waals surface area contributed by atoms with Gasteiger partial charge in [0, 0.05) is 115 Å². The average molecular weight is 1010 g/mol. The summed E-state index contributed by atoms with van der Waals surface area (Å²) in [6, 6.07) is 1.28. The van der Waals surface area contributed by atoms with Crippen molar-refractivity contribution in [3.8, 4) is 0 Å². The summed E-state index contributed by atoms with van der Waals surface area (Å²) in [6.07, 6.45) is -22.5. The van der Waals surface area contributed by atoms with E-state index in [9.17, 15) is 43.9 Å². The summed E-state index contributed by atoms with van der Waals surface area (Å²) < 4.78 is 217. The van der Waals surface area contributed by atoms with Crippen molar-refractivity contribution >= 4 is 26.4 Å². The van der Waals surface area contributed by atoms with Gasteiger partial charge in [0.1, 0.15) is 12.2 Å². The molecule has 0 fully saturated rings. The van der Waals surface area contributed by atoms with Gasteiger partial charge in [-0.1, -0.05) is 0 Å². The second-order valence-corrected chi connectivity index (χ2v) is 22.7. The van der Waals surface area contributed by atoms with Gasteiger partial charge in [-0.15, -0.1) is 0 Å². The highest BCUT2D eigenvalue weighted by Gasteiger charge is 2.75. The lowest BCUT2D eigenvalue weighted by atomic mass is 10.3. The zero-order valence-electron chi connectivity index (χ0n) is 37.3. The third-order valence-electron chi connectivity index (χ3n) is 9.22. The molecule has 0 aliphatic rings. The number of unbranched alkanes of at least 4 members (excludes halogenated alkanes) is 1. The van der Waals surface area contributed by atoms with Crippen molar-refractivity contribution in [2.75, 3.05) is 130 Å². The molecule has 0 radical (unpaired) electrons. The van der Waals surface area contributed by atoms with Gasteiger partial charge < -0.3 is 68.3 Å². The minimum absolute atomic E-state index is 0.0813. The highest BCUT2D eigenvalue weighted by molar-refractivity contribution is 6.61. The second kappa shape index (κ2) is 31.4. The summed E-state index contributed by atoms with van der Waals surface area (Å²) in [5.74, 6) is -6.94. The molecule has 0 rings (SSSR count). The summed E-state index contributed by atoms with van der Waals surface area (Å²) in [7, 11) is 4.59. The number of hydrogen-bond acceptors (Lipinski definition) is 16. The van der Waals surface area contributed by atoms with Gasteiger partial charge in [-0.05, 0) is 32.1 Å². The summed E-state index contributed by atoms with van der Waals surface area (Å²) in [5, 5.41) is 0. The molecule has 16 nitrogen and oxygen atoms in total. The quantitative estimate of drug-likeness (QED) is 0.0392. The summed E-state index contributed by atoms with van der Waals surface area (Å²) in [5.41, 5.74) is 0. The van der Waals surface area contributed by atoms with Crippen LogP contribution in [0.15, 0.2) is 0 Å². The van der Waals surface area contributed by atoms with Crippen LogP contribution in [-0.4, -0.2) is 199 Å². The van der Waals surface area contributed by atoms with Gasteiger partial charge in [0.25, 0.3) is 0 Å². The minimum Gasteiger partial charge on any atom is -0.379 e. The maximum absolute atomic E-state index is 13.7. The van der Waals surface area contributed by atoms with Crippen molar-refractivity contribution in [2.24, 2.45) is 0 Å². The molecule has 3 atom stereocenters. The fourth-order valence-corrected chi connectivity index (χ4v) is 10.5. The Bertz CT molecular complexity index is 1120. The van der Waals surface area contributed by atoms with Crippen LogP contribution in [0.4, 0.5) is 43.9 Å². The molecule has 0 bridgehead atoms. The van der Waals surface area contributed by atoms with E-state index in [0.29, 0.717) is 51.0 Å². The zero-order valence-corrected chi connectivity index (χ0v) is 40.3. The van der Waals surface area contributed by atoms with Gasteiger partial charge in [-0.3, -0.25) is 4.74 Å². The van der Waals surface area contributed by atoms with E-state index < -0.39 is 82.3 Å². The molecule has 0 aliphatic heterocycles. The van der Waals surface area contributed by atoms with E-state index in [0.717, 1.165) is 0 Å². The van der Waals surface area contributed by atoms with Crippen LogP contribution < -0.4 is 0 Å². The second-order valence-electron chi connectivity index (χ2n) is 13.4. The molecular formula is C34H66F10O16Si3. The predicted molar refractivity (Wildman–Crippen MR) is 207 cm³/mol. The standard InChI is InChI=1S/C34H66F10O16Si3/c1-45-61(46-2,47-3)20-12-17-56-24-28(58-18-13-21-62(48-4,49-5)50-6)23-54-15-10-11-16-55-25-29(59-19-14-22-63(51-7,52-8)53-9)26-57-27-30(31(35,36)37)60-34(43,44)32(38,39)33(40,41)42/h28-30H,10-27H2,1-9H3. The van der Waals surface area contributed by atoms with Gasteiger partial charge in [-0.25, -0.2) is 0 Å². The average Bonchev–Trinajstić information content (AvgIpc) is 3.24. The largest absolute Gasteiger partial charge is 0.500 e. The van der Waals surface area contributed by atoms with E-state index >= 15 is 0 Å². The molecule has 0 aliphatic carbocycles. The molecule has 380 valence electrons. The number of hydrogen-bond donors (Lipinski definition) is 0. The first kappa shape index (κ1) is 62.3. The summed E-state index contributed by atoms with van der Waals surface area (Å²) >= 11 is 0. The molecule has 0 saturated carbocycles. The van der Waals surface area contributed by atoms with E-state index in [1.165, 1.54) is 64.0 Å². The van der Waals surface area contributed by atoms with E-state index in [1.807, 2.05) is 0 Å². The van der Waals surface area contributed by atoms with Crippen LogP contribution in [0.5, 0.6) is 0 Å². The van der Waals surface area contributed by atoms with E-state index in [2.05, 4.69) is 4.74 Å². The maximum atomic E-state index is 13.7. The van der Waals surface area contributed by atoms with Crippen LogP contribution in [0.2, 0.25) is 18.1 Å². The van der Waals surface area contributed by atoms with Crippen molar-refractivity contribution in [3.05, 3.63) is 0 Å². The Morgan fingerprint density at radius 3 is 0.984 bits per heavy atom. The molecule has 0 saturated heterocycles. The van der Waals surface area contributed by atoms with Crippen molar-refractivity contribution in [3.63, 3.8) is 0 Å². The lowest BCUT2D eigenvalue weighted by Gasteiger charge is -2.31. The number of halogens is 10. The minimum atomic E-state index is -6.94. The van der Waals surface area contributed by atoms with Crippen molar-refractivity contribution < 1.29 is 117 Å². The Kier molecular flexibility index (Phi) is 31.0. The smallest absolute Gasteiger partial charge is 0.379 e. The molecule has 63 heavy (non-hydrogen) atoms. The molecule has 0 heterocycles. The number of rotatable bonds is 41. The van der Waals surface area contributed by atoms with Crippen LogP contribution in [0.25, 0.3) is 0 Å². The third kappa shape index (κ3) is 22.8. The Labute approximate surface area is 366 Å². The Morgan fingerprint density at radius 1 is 0.381 bits per heavy atom. The highest BCUT2D eigenvalue weighted by Crippen LogP contribution is 2.48. The van der Waals surface area contributed by atoms with E-state index in [4.69, 9.17) is 68.3 Å². The van der Waals surface area contributed by atoms with E-state index in [-0.39, 0.29) is 52.1 Å². The van der Waals surface area contributed by atoms with Crippen molar-refractivity contribution in [2.45, 2.75) is 92.9 Å². The van der Waals surface area contributed by atoms with Crippen LogP contribution in [0, 0.1) is 0 Å². The number of alkyl halides is 10. The monoisotopic (exact) mass is 1000 g/mol. The van der Waals surface area contributed by atoms with Gasteiger partial charge in [0.05, 0.1) is 33.0 Å². The molecule has 0 amide bonds. The zero-order chi connectivity index (χ0) is 48.3. The maximum Gasteiger partial charge on any atom is 0.500 e. The van der Waals surface area contributed by atoms with Gasteiger partial charge in [0.2, 0.25) is 0 Å². The number of ether oxygens (including phenoxy) is 7. The molecule has 0 N–H and O–H groups in total. The molecule has 0 spiro atoms. The summed E-state index contributed by atoms with van der Waals surface area (Å²) in [6.45, 7) is -1.62. The molecule has 0 aromatic rings. The predicted octanol–water partition coefficient (Wildman–Crippen LogP) is 6.15.